The number of fused-ring (bicyclic) bond motifs is 2. The third kappa shape index (κ3) is 6.92. The van der Waals surface area contributed by atoms with Gasteiger partial charge in [-0.2, -0.15) is 5.10 Å². The number of hydrogen-bond donors (Lipinski definition) is 1. The number of benzene rings is 5. The maximum absolute atomic E-state index is 13.1. The van der Waals surface area contributed by atoms with E-state index in [9.17, 15) is 9.59 Å². The third-order valence-corrected chi connectivity index (χ3v) is 7.92. The predicted octanol–water partition coefficient (Wildman–Crippen LogP) is 7.57. The highest BCUT2D eigenvalue weighted by Crippen LogP contribution is 2.31. The van der Waals surface area contributed by atoms with Crippen LogP contribution in [0.2, 0.25) is 0 Å². The highest BCUT2D eigenvalue weighted by molar-refractivity contribution is 7.99. The van der Waals surface area contributed by atoms with Gasteiger partial charge in [0.1, 0.15) is 11.3 Å². The van der Waals surface area contributed by atoms with Gasteiger partial charge < -0.3 is 9.15 Å². The van der Waals surface area contributed by atoms with Crippen molar-refractivity contribution in [3.63, 3.8) is 0 Å². The second kappa shape index (κ2) is 13.5. The van der Waals surface area contributed by atoms with Crippen molar-refractivity contribution in [2.75, 3.05) is 5.75 Å². The summed E-state index contributed by atoms with van der Waals surface area (Å²) in [6.07, 6.45) is 1.50. The number of aromatic nitrogens is 3. The Morgan fingerprint density at radius 2 is 1.38 bits per heavy atom. The van der Waals surface area contributed by atoms with Gasteiger partial charge >= 0.3 is 5.97 Å². The number of nitrogens with zero attached hydrogens (tertiary/aromatic N) is 4. The summed E-state index contributed by atoms with van der Waals surface area (Å²) in [5.74, 6) is -0.360. The van der Waals surface area contributed by atoms with Crippen LogP contribution in [-0.4, -0.2) is 38.8 Å². The summed E-state index contributed by atoms with van der Waals surface area (Å²) in [5, 5.41) is 4.43. The lowest BCUT2D eigenvalue weighted by atomic mass is 10.0. The van der Waals surface area contributed by atoms with E-state index in [1.807, 2.05) is 84.9 Å². The number of ether oxygens (including phenoxy) is 1. The molecule has 0 atom stereocenters. The highest BCUT2D eigenvalue weighted by atomic mass is 32.2. The van der Waals surface area contributed by atoms with Crippen molar-refractivity contribution in [3.05, 3.63) is 139 Å². The average Bonchev–Trinajstić information content (AvgIpc) is 3.55. The summed E-state index contributed by atoms with van der Waals surface area (Å²) in [6, 6.07) is 39.1. The molecule has 0 spiro atoms. The van der Waals surface area contributed by atoms with Crippen molar-refractivity contribution < 1.29 is 18.7 Å². The van der Waals surface area contributed by atoms with Crippen LogP contribution in [0.5, 0.6) is 5.75 Å². The van der Waals surface area contributed by atoms with Gasteiger partial charge in [-0.1, -0.05) is 84.6 Å². The van der Waals surface area contributed by atoms with E-state index in [0.29, 0.717) is 38.7 Å². The van der Waals surface area contributed by atoms with E-state index in [0.717, 1.165) is 28.0 Å². The van der Waals surface area contributed by atoms with E-state index in [-0.39, 0.29) is 11.7 Å². The first-order chi connectivity index (χ1) is 23.1. The van der Waals surface area contributed by atoms with E-state index in [1.165, 1.54) is 18.0 Å². The molecule has 0 unspecified atom stereocenters. The van der Waals surface area contributed by atoms with Crippen LogP contribution in [0.25, 0.3) is 44.6 Å². The Morgan fingerprint density at radius 3 is 2.09 bits per heavy atom. The molecule has 0 aliphatic carbocycles. The van der Waals surface area contributed by atoms with Crippen LogP contribution >= 0.6 is 11.8 Å². The minimum absolute atomic E-state index is 0.0984. The minimum Gasteiger partial charge on any atom is -0.431 e. The second-order valence-electron chi connectivity index (χ2n) is 10.3. The van der Waals surface area contributed by atoms with Gasteiger partial charge in [0, 0.05) is 11.1 Å². The predicted molar refractivity (Wildman–Crippen MR) is 182 cm³/mol. The number of oxazole rings is 1. The lowest BCUT2D eigenvalue weighted by Crippen LogP contribution is -2.19. The van der Waals surface area contributed by atoms with Crippen molar-refractivity contribution in [3.8, 4) is 28.3 Å². The molecule has 228 valence electrons. The molecule has 2 aromatic heterocycles. The van der Waals surface area contributed by atoms with Gasteiger partial charge in [0.15, 0.2) is 5.58 Å². The Bertz CT molecular complexity index is 2200. The summed E-state index contributed by atoms with van der Waals surface area (Å²) in [7, 11) is 0. The largest absolute Gasteiger partial charge is 0.431 e. The molecule has 0 aliphatic heterocycles. The molecule has 0 radical (unpaired) electrons. The Kier molecular flexibility index (Phi) is 8.48. The molecule has 0 aliphatic rings. The molecule has 7 rings (SSSR count). The fourth-order valence-corrected chi connectivity index (χ4v) is 5.45. The first kappa shape index (κ1) is 29.6. The summed E-state index contributed by atoms with van der Waals surface area (Å²) >= 11 is 1.19. The monoisotopic (exact) mass is 635 g/mol. The number of nitrogens with one attached hydrogen (secondary N) is 1. The molecule has 7 aromatic rings. The smallest absolute Gasteiger partial charge is 0.343 e. The summed E-state index contributed by atoms with van der Waals surface area (Å²) in [6.45, 7) is 0. The van der Waals surface area contributed by atoms with Crippen molar-refractivity contribution in [1.82, 2.24) is 20.4 Å². The topological polar surface area (TPSA) is 120 Å². The quantitative estimate of drug-likeness (QED) is 0.0567. The molecule has 9 nitrogen and oxygen atoms in total. The highest BCUT2D eigenvalue weighted by Gasteiger charge is 2.16. The van der Waals surface area contributed by atoms with Gasteiger partial charge in [-0.15, -0.1) is 0 Å². The SMILES string of the molecule is O=C(CSc1nc2ccccc2o1)N/N=C\c1ccc(OC(=O)c2ccc3nc(-c4ccccc4)c(-c4ccccc4)nc3c2)cc1. The van der Waals surface area contributed by atoms with Gasteiger partial charge in [-0.25, -0.2) is 25.2 Å². The number of hydrazone groups is 1. The number of amides is 1. The zero-order chi connectivity index (χ0) is 32.0. The summed E-state index contributed by atoms with van der Waals surface area (Å²) < 4.78 is 11.2. The average molecular weight is 636 g/mol. The Hall–Kier alpha value is -6.13. The van der Waals surface area contributed by atoms with E-state index in [1.54, 1.807) is 42.5 Å². The number of esters is 1. The van der Waals surface area contributed by atoms with Crippen LogP contribution in [0, 0.1) is 0 Å². The van der Waals surface area contributed by atoms with Crippen molar-refractivity contribution >= 4 is 52.0 Å². The lowest BCUT2D eigenvalue weighted by Gasteiger charge is -2.11. The summed E-state index contributed by atoms with van der Waals surface area (Å²) in [4.78, 5) is 39.5. The molecule has 0 bridgehead atoms. The van der Waals surface area contributed by atoms with Gasteiger partial charge in [-0.3, -0.25) is 4.79 Å². The van der Waals surface area contributed by atoms with Crippen LogP contribution in [0.4, 0.5) is 0 Å². The van der Waals surface area contributed by atoms with Crippen molar-refractivity contribution in [1.29, 1.82) is 0 Å². The summed E-state index contributed by atoms with van der Waals surface area (Å²) in [5.41, 5.74) is 9.58. The Balaban J connectivity index is 0.995. The molecule has 0 saturated carbocycles. The number of carbonyl (C=O) groups excluding carboxylic acids is 2. The van der Waals surface area contributed by atoms with Gasteiger partial charge in [0.05, 0.1) is 40.0 Å². The van der Waals surface area contributed by atoms with Gasteiger partial charge in [-0.05, 0) is 60.2 Å². The first-order valence-electron chi connectivity index (χ1n) is 14.6. The number of rotatable bonds is 9. The molecule has 5 aromatic carbocycles. The standard InChI is InChI=1S/C37H25N5O4S/c43-33(23-47-37-41-30-13-7-8-14-32(30)46-37)42-38-22-24-15-18-28(19-16-24)45-36(44)27-17-20-29-31(21-27)40-35(26-11-5-2-6-12-26)34(39-29)25-9-3-1-4-10-25/h1-22H,23H2,(H,42,43)/b38-22-. The molecule has 2 heterocycles. The Morgan fingerprint density at radius 1 is 0.723 bits per heavy atom. The van der Waals surface area contributed by atoms with Crippen molar-refractivity contribution in [2.24, 2.45) is 5.10 Å². The fraction of sp³-hybridized carbons (Fsp3) is 0.0270. The third-order valence-electron chi connectivity index (χ3n) is 7.09. The number of hydrogen-bond acceptors (Lipinski definition) is 9. The number of thioether (sulfide) groups is 1. The number of para-hydroxylation sites is 2. The van der Waals surface area contributed by atoms with E-state index >= 15 is 0 Å². The van der Waals surface area contributed by atoms with E-state index < -0.39 is 5.97 Å². The molecule has 0 saturated heterocycles. The second-order valence-corrected chi connectivity index (χ2v) is 11.3. The fourth-order valence-electron chi connectivity index (χ4n) is 4.81. The maximum Gasteiger partial charge on any atom is 0.343 e. The van der Waals surface area contributed by atoms with Crippen LogP contribution in [0.1, 0.15) is 15.9 Å². The first-order valence-corrected chi connectivity index (χ1v) is 15.6. The number of carbonyl (C=O) groups is 2. The van der Waals surface area contributed by atoms with Gasteiger partial charge in [0.25, 0.3) is 11.1 Å². The van der Waals surface area contributed by atoms with E-state index in [2.05, 4.69) is 15.5 Å². The maximum atomic E-state index is 13.1. The molecule has 10 heteroatoms. The van der Waals surface area contributed by atoms with E-state index in [4.69, 9.17) is 19.1 Å². The van der Waals surface area contributed by atoms with Crippen LogP contribution < -0.4 is 10.2 Å². The molecule has 0 fully saturated rings. The van der Waals surface area contributed by atoms with Crippen molar-refractivity contribution in [2.45, 2.75) is 5.22 Å². The Labute approximate surface area is 273 Å². The van der Waals surface area contributed by atoms with Crippen LogP contribution in [0.15, 0.2) is 142 Å². The molecule has 1 amide bonds. The molecule has 1 N–H and O–H groups in total. The van der Waals surface area contributed by atoms with Gasteiger partial charge in [0.2, 0.25) is 0 Å². The lowest BCUT2D eigenvalue weighted by molar-refractivity contribution is -0.118. The molecular weight excluding hydrogens is 611 g/mol. The zero-order valence-corrected chi connectivity index (χ0v) is 25.6. The molecule has 47 heavy (non-hydrogen) atoms. The van der Waals surface area contributed by atoms with Crippen LogP contribution in [-0.2, 0) is 4.79 Å². The molecular formula is C37H25N5O4S. The van der Waals surface area contributed by atoms with Crippen LogP contribution in [0.3, 0.4) is 0 Å². The minimum atomic E-state index is -0.521. The zero-order valence-electron chi connectivity index (χ0n) is 24.7. The normalized spacial score (nSPS) is 11.2.